The van der Waals surface area contributed by atoms with Crippen molar-refractivity contribution in [3.05, 3.63) is 48.0 Å². The molecule has 0 spiro atoms. The second kappa shape index (κ2) is 10.1. The van der Waals surface area contributed by atoms with Gasteiger partial charge in [0.1, 0.15) is 11.5 Å². The first-order chi connectivity index (χ1) is 13.1. The van der Waals surface area contributed by atoms with Gasteiger partial charge in [-0.2, -0.15) is 0 Å². The van der Waals surface area contributed by atoms with Crippen molar-refractivity contribution in [1.29, 1.82) is 0 Å². The van der Waals surface area contributed by atoms with Crippen molar-refractivity contribution in [3.63, 3.8) is 0 Å². The van der Waals surface area contributed by atoms with E-state index in [4.69, 9.17) is 14.2 Å². The number of carbonyl (C=O) groups is 2. The molecule has 0 radical (unpaired) electrons. The monoisotopic (exact) mass is 372 g/mol. The largest absolute Gasteiger partial charge is 0.497 e. The standard InChI is InChI=1S/C20H24N2O5/c1-4-11-27-20(24)14-5-7-15(8-6-14)22-19(23)13-21-17-12-16(25-2)9-10-18(17)26-3/h5-10,12,21H,4,11,13H2,1-3H3,(H,22,23). The zero-order chi connectivity index (χ0) is 19.6. The lowest BCUT2D eigenvalue weighted by atomic mass is 10.2. The molecule has 0 fully saturated rings. The van der Waals surface area contributed by atoms with Crippen LogP contribution in [0.1, 0.15) is 23.7 Å². The molecule has 0 aliphatic rings. The van der Waals surface area contributed by atoms with Gasteiger partial charge in [-0.05, 0) is 42.8 Å². The summed E-state index contributed by atoms with van der Waals surface area (Å²) in [4.78, 5) is 23.9. The maximum atomic E-state index is 12.2. The molecule has 2 N–H and O–H groups in total. The number of amides is 1. The van der Waals surface area contributed by atoms with Crippen LogP contribution < -0.4 is 20.1 Å². The summed E-state index contributed by atoms with van der Waals surface area (Å²) < 4.78 is 15.5. The Labute approximate surface area is 158 Å². The molecule has 0 saturated heterocycles. The molecule has 0 aliphatic carbocycles. The molecule has 0 bridgehead atoms. The van der Waals surface area contributed by atoms with Gasteiger partial charge in [0.15, 0.2) is 0 Å². The molecule has 0 aromatic heterocycles. The van der Waals surface area contributed by atoms with Gasteiger partial charge in [-0.3, -0.25) is 4.79 Å². The zero-order valence-corrected chi connectivity index (χ0v) is 15.7. The van der Waals surface area contributed by atoms with Crippen LogP contribution in [0.2, 0.25) is 0 Å². The average molecular weight is 372 g/mol. The fourth-order valence-corrected chi connectivity index (χ4v) is 2.30. The third-order valence-corrected chi connectivity index (χ3v) is 3.69. The van der Waals surface area contributed by atoms with Gasteiger partial charge >= 0.3 is 5.97 Å². The van der Waals surface area contributed by atoms with Crippen LogP contribution in [0.4, 0.5) is 11.4 Å². The molecular weight excluding hydrogens is 348 g/mol. The minimum absolute atomic E-state index is 0.0455. The van der Waals surface area contributed by atoms with Crippen LogP contribution in [0, 0.1) is 0 Å². The predicted molar refractivity (Wildman–Crippen MR) is 104 cm³/mol. The smallest absolute Gasteiger partial charge is 0.338 e. The van der Waals surface area contributed by atoms with Crippen LogP contribution in [-0.4, -0.2) is 39.2 Å². The number of anilines is 2. The Morgan fingerprint density at radius 1 is 1.00 bits per heavy atom. The lowest BCUT2D eigenvalue weighted by Crippen LogP contribution is -2.22. The molecule has 2 aromatic carbocycles. The first-order valence-corrected chi connectivity index (χ1v) is 8.60. The minimum atomic E-state index is -0.374. The molecule has 2 aromatic rings. The van der Waals surface area contributed by atoms with Crippen molar-refractivity contribution in [3.8, 4) is 11.5 Å². The van der Waals surface area contributed by atoms with Crippen molar-refractivity contribution in [2.24, 2.45) is 0 Å². The number of methoxy groups -OCH3 is 2. The summed E-state index contributed by atoms with van der Waals surface area (Å²) in [7, 11) is 3.13. The molecule has 2 rings (SSSR count). The zero-order valence-electron chi connectivity index (χ0n) is 15.7. The van der Waals surface area contributed by atoms with E-state index in [1.165, 1.54) is 0 Å². The fraction of sp³-hybridized carbons (Fsp3) is 0.300. The molecule has 1 amide bonds. The highest BCUT2D eigenvalue weighted by Crippen LogP contribution is 2.28. The molecule has 7 nitrogen and oxygen atoms in total. The number of hydrogen-bond donors (Lipinski definition) is 2. The van der Waals surface area contributed by atoms with Gasteiger partial charge in [-0.25, -0.2) is 4.79 Å². The summed E-state index contributed by atoms with van der Waals surface area (Å²) in [5.74, 6) is 0.658. The highest BCUT2D eigenvalue weighted by molar-refractivity contribution is 5.95. The van der Waals surface area contributed by atoms with E-state index in [2.05, 4.69) is 10.6 Å². The summed E-state index contributed by atoms with van der Waals surface area (Å²) >= 11 is 0. The van der Waals surface area contributed by atoms with Crippen LogP contribution in [0.3, 0.4) is 0 Å². The molecule has 0 unspecified atom stereocenters. The van der Waals surface area contributed by atoms with Crippen molar-refractivity contribution in [1.82, 2.24) is 0 Å². The maximum Gasteiger partial charge on any atom is 0.338 e. The van der Waals surface area contributed by atoms with E-state index in [0.717, 1.165) is 6.42 Å². The second-order valence-corrected chi connectivity index (χ2v) is 5.68. The molecule has 0 atom stereocenters. The van der Waals surface area contributed by atoms with E-state index >= 15 is 0 Å². The predicted octanol–water partition coefficient (Wildman–Crippen LogP) is 3.32. The van der Waals surface area contributed by atoms with Crippen molar-refractivity contribution in [2.45, 2.75) is 13.3 Å². The van der Waals surface area contributed by atoms with Gasteiger partial charge in [0.2, 0.25) is 5.91 Å². The number of nitrogens with one attached hydrogen (secondary N) is 2. The fourth-order valence-electron chi connectivity index (χ4n) is 2.30. The summed E-state index contributed by atoms with van der Waals surface area (Å²) in [5, 5.41) is 5.78. The van der Waals surface area contributed by atoms with E-state index < -0.39 is 0 Å². The Balaban J connectivity index is 1.91. The van der Waals surface area contributed by atoms with Crippen molar-refractivity contribution < 1.29 is 23.8 Å². The molecule has 0 saturated carbocycles. The highest BCUT2D eigenvalue weighted by Gasteiger charge is 2.09. The van der Waals surface area contributed by atoms with Gasteiger partial charge in [-0.1, -0.05) is 6.92 Å². The number of ether oxygens (including phenoxy) is 3. The summed E-state index contributed by atoms with van der Waals surface area (Å²) in [6, 6.07) is 11.8. The Morgan fingerprint density at radius 2 is 1.74 bits per heavy atom. The topological polar surface area (TPSA) is 85.9 Å². The number of esters is 1. The van der Waals surface area contributed by atoms with Crippen molar-refractivity contribution in [2.75, 3.05) is 38.0 Å². The molecular formula is C20H24N2O5. The second-order valence-electron chi connectivity index (χ2n) is 5.68. The Kier molecular flexibility index (Phi) is 7.49. The third kappa shape index (κ3) is 5.91. The Hall–Kier alpha value is -3.22. The van der Waals surface area contributed by atoms with Crippen LogP contribution in [0.5, 0.6) is 11.5 Å². The lowest BCUT2D eigenvalue weighted by molar-refractivity contribution is -0.114. The van der Waals surface area contributed by atoms with Gasteiger partial charge in [0, 0.05) is 11.8 Å². The number of carbonyl (C=O) groups excluding carboxylic acids is 2. The Morgan fingerprint density at radius 3 is 2.37 bits per heavy atom. The summed E-state index contributed by atoms with van der Waals surface area (Å²) in [5.41, 5.74) is 1.69. The summed E-state index contributed by atoms with van der Waals surface area (Å²) in [6.07, 6.45) is 0.769. The number of rotatable bonds is 9. The van der Waals surface area contributed by atoms with E-state index in [0.29, 0.717) is 35.0 Å². The van der Waals surface area contributed by atoms with Crippen LogP contribution >= 0.6 is 0 Å². The SMILES string of the molecule is CCCOC(=O)c1ccc(NC(=O)CNc2cc(OC)ccc2OC)cc1. The minimum Gasteiger partial charge on any atom is -0.497 e. The van der Waals surface area contributed by atoms with Gasteiger partial charge in [0.25, 0.3) is 0 Å². The lowest BCUT2D eigenvalue weighted by Gasteiger charge is -2.13. The molecule has 0 aliphatic heterocycles. The van der Waals surface area contributed by atoms with E-state index in [1.807, 2.05) is 6.92 Å². The third-order valence-electron chi connectivity index (χ3n) is 3.69. The van der Waals surface area contributed by atoms with E-state index in [1.54, 1.807) is 56.7 Å². The number of hydrogen-bond acceptors (Lipinski definition) is 6. The van der Waals surface area contributed by atoms with Crippen molar-refractivity contribution >= 4 is 23.3 Å². The summed E-state index contributed by atoms with van der Waals surface area (Å²) in [6.45, 7) is 2.36. The highest BCUT2D eigenvalue weighted by atomic mass is 16.5. The molecule has 144 valence electrons. The normalized spacial score (nSPS) is 10.0. The quantitative estimate of drug-likeness (QED) is 0.657. The average Bonchev–Trinajstić information content (AvgIpc) is 2.70. The first-order valence-electron chi connectivity index (χ1n) is 8.60. The van der Waals surface area contributed by atoms with Crippen LogP contribution in [-0.2, 0) is 9.53 Å². The van der Waals surface area contributed by atoms with Crippen LogP contribution in [0.25, 0.3) is 0 Å². The van der Waals surface area contributed by atoms with Gasteiger partial charge in [-0.15, -0.1) is 0 Å². The van der Waals surface area contributed by atoms with Gasteiger partial charge < -0.3 is 24.8 Å². The van der Waals surface area contributed by atoms with Gasteiger partial charge in [0.05, 0.1) is 38.6 Å². The number of benzene rings is 2. The molecule has 0 heterocycles. The van der Waals surface area contributed by atoms with Crippen LogP contribution in [0.15, 0.2) is 42.5 Å². The van der Waals surface area contributed by atoms with E-state index in [-0.39, 0.29) is 18.4 Å². The maximum absolute atomic E-state index is 12.2. The first kappa shape index (κ1) is 20.1. The Bertz CT molecular complexity index is 774. The van der Waals surface area contributed by atoms with E-state index in [9.17, 15) is 9.59 Å². The molecule has 27 heavy (non-hydrogen) atoms. The molecule has 7 heteroatoms.